The lowest BCUT2D eigenvalue weighted by molar-refractivity contribution is 0.687. The van der Waals surface area contributed by atoms with Gasteiger partial charge in [0.25, 0.3) is 0 Å². The average molecular weight is 400 g/mol. The van der Waals surface area contributed by atoms with Crippen LogP contribution < -0.4 is 5.32 Å². The van der Waals surface area contributed by atoms with Gasteiger partial charge in [0.2, 0.25) is 0 Å². The van der Waals surface area contributed by atoms with Gasteiger partial charge < -0.3 is 5.32 Å². The summed E-state index contributed by atoms with van der Waals surface area (Å²) in [6, 6.07) is 10.8. The maximum Gasteiger partial charge on any atom is 0.0599 e. The van der Waals surface area contributed by atoms with Gasteiger partial charge in [-0.25, -0.2) is 0 Å². The average Bonchev–Trinajstić information content (AvgIpc) is 2.41. The summed E-state index contributed by atoms with van der Waals surface area (Å²) in [5.74, 6) is 0. The van der Waals surface area contributed by atoms with Crippen LogP contribution in [0.5, 0.6) is 0 Å². The van der Waals surface area contributed by atoms with Crippen LogP contribution in [0.25, 0.3) is 0 Å². The zero-order valence-electron chi connectivity index (χ0n) is 12.2. The Kier molecular flexibility index (Phi) is 5.10. The molecule has 0 aliphatic carbocycles. The van der Waals surface area contributed by atoms with E-state index in [0.717, 1.165) is 10.6 Å². The summed E-state index contributed by atoms with van der Waals surface area (Å²) in [5, 5.41) is 4.22. The van der Waals surface area contributed by atoms with Gasteiger partial charge >= 0.3 is 0 Å². The lowest BCUT2D eigenvalue weighted by atomic mass is 9.95. The van der Waals surface area contributed by atoms with E-state index in [4.69, 9.17) is 11.6 Å². The number of benzene rings is 2. The standard InChI is InChI=1S/C17H19ClIN/c1-10-6-5-7-13(16(10)19)17(20-4)14-8-11(2)12(3)9-15(14)18/h5-9,17,20H,1-4H3. The molecule has 0 radical (unpaired) electrons. The molecular weight excluding hydrogens is 381 g/mol. The molecule has 20 heavy (non-hydrogen) atoms. The van der Waals surface area contributed by atoms with Crippen LogP contribution in [0.1, 0.15) is 33.9 Å². The van der Waals surface area contributed by atoms with E-state index in [9.17, 15) is 0 Å². The molecule has 0 heterocycles. The minimum atomic E-state index is 0.119. The van der Waals surface area contributed by atoms with Crippen LogP contribution in [-0.4, -0.2) is 7.05 Å². The van der Waals surface area contributed by atoms with Gasteiger partial charge in [-0.1, -0.05) is 35.9 Å². The lowest BCUT2D eigenvalue weighted by Gasteiger charge is -2.22. The van der Waals surface area contributed by atoms with Gasteiger partial charge in [-0.2, -0.15) is 0 Å². The molecule has 1 N–H and O–H groups in total. The van der Waals surface area contributed by atoms with Crippen LogP contribution in [0.3, 0.4) is 0 Å². The third-order valence-electron chi connectivity index (χ3n) is 3.75. The Hall–Kier alpha value is -0.580. The van der Waals surface area contributed by atoms with Gasteiger partial charge in [-0.3, -0.25) is 0 Å². The van der Waals surface area contributed by atoms with E-state index < -0.39 is 0 Å². The van der Waals surface area contributed by atoms with Gasteiger partial charge in [0, 0.05) is 8.59 Å². The molecule has 0 saturated carbocycles. The van der Waals surface area contributed by atoms with Crippen molar-refractivity contribution in [2.24, 2.45) is 0 Å². The van der Waals surface area contributed by atoms with Crippen LogP contribution >= 0.6 is 34.2 Å². The highest BCUT2D eigenvalue weighted by atomic mass is 127. The number of halogens is 2. The summed E-state index contributed by atoms with van der Waals surface area (Å²) in [6.45, 7) is 6.36. The molecule has 2 aromatic rings. The van der Waals surface area contributed by atoms with E-state index in [-0.39, 0.29) is 6.04 Å². The van der Waals surface area contributed by atoms with Crippen LogP contribution in [0.4, 0.5) is 0 Å². The van der Waals surface area contributed by atoms with Crippen LogP contribution in [0, 0.1) is 24.3 Å². The maximum atomic E-state index is 6.47. The minimum absolute atomic E-state index is 0.119. The predicted octanol–water partition coefficient (Wildman–Crippen LogP) is 5.18. The van der Waals surface area contributed by atoms with Crippen molar-refractivity contribution in [2.75, 3.05) is 7.05 Å². The van der Waals surface area contributed by atoms with Crippen LogP contribution in [0.15, 0.2) is 30.3 Å². The molecule has 0 fully saturated rings. The van der Waals surface area contributed by atoms with Gasteiger partial charge in [-0.15, -0.1) is 0 Å². The highest BCUT2D eigenvalue weighted by Gasteiger charge is 2.19. The molecule has 0 bridgehead atoms. The number of nitrogens with one attached hydrogen (secondary N) is 1. The quantitative estimate of drug-likeness (QED) is 0.701. The number of hydrogen-bond acceptors (Lipinski definition) is 1. The molecular formula is C17H19ClIN. The Morgan fingerprint density at radius 2 is 1.65 bits per heavy atom. The van der Waals surface area contributed by atoms with Crippen molar-refractivity contribution in [1.29, 1.82) is 0 Å². The van der Waals surface area contributed by atoms with Crippen molar-refractivity contribution in [3.8, 4) is 0 Å². The minimum Gasteiger partial charge on any atom is -0.309 e. The second-order valence-electron chi connectivity index (χ2n) is 5.16. The molecule has 3 heteroatoms. The Morgan fingerprint density at radius 3 is 2.30 bits per heavy atom. The molecule has 0 aliphatic heterocycles. The van der Waals surface area contributed by atoms with Crippen molar-refractivity contribution in [3.63, 3.8) is 0 Å². The molecule has 0 amide bonds. The first kappa shape index (κ1) is 15.8. The summed E-state index contributed by atoms with van der Waals surface area (Å²) >= 11 is 8.89. The molecule has 1 atom stereocenters. The van der Waals surface area contributed by atoms with Crippen LogP contribution in [-0.2, 0) is 0 Å². The molecule has 1 unspecified atom stereocenters. The first-order valence-electron chi connectivity index (χ1n) is 6.64. The molecule has 0 spiro atoms. The van der Waals surface area contributed by atoms with Gasteiger partial charge in [-0.05, 0) is 84.3 Å². The fourth-order valence-corrected chi connectivity index (χ4v) is 3.39. The SMILES string of the molecule is CNC(c1cc(C)c(C)cc1Cl)c1cccc(C)c1I. The van der Waals surface area contributed by atoms with Crippen molar-refractivity contribution in [3.05, 3.63) is 66.7 Å². The molecule has 0 aromatic heterocycles. The summed E-state index contributed by atoms with van der Waals surface area (Å²) in [5.41, 5.74) is 6.21. The molecule has 2 aromatic carbocycles. The molecule has 106 valence electrons. The molecule has 0 saturated heterocycles. The summed E-state index contributed by atoms with van der Waals surface area (Å²) < 4.78 is 1.29. The Labute approximate surface area is 139 Å². The fourth-order valence-electron chi connectivity index (χ4n) is 2.40. The summed E-state index contributed by atoms with van der Waals surface area (Å²) in [4.78, 5) is 0. The monoisotopic (exact) mass is 399 g/mol. The van der Waals surface area contributed by atoms with Crippen molar-refractivity contribution >= 4 is 34.2 Å². The second kappa shape index (κ2) is 6.46. The summed E-state index contributed by atoms with van der Waals surface area (Å²) in [6.07, 6.45) is 0. The van der Waals surface area contributed by atoms with E-state index in [1.807, 2.05) is 7.05 Å². The van der Waals surface area contributed by atoms with Gasteiger partial charge in [0.1, 0.15) is 0 Å². The zero-order valence-corrected chi connectivity index (χ0v) is 15.1. The lowest BCUT2D eigenvalue weighted by Crippen LogP contribution is -2.19. The summed E-state index contributed by atoms with van der Waals surface area (Å²) in [7, 11) is 1.98. The van der Waals surface area contributed by atoms with E-state index >= 15 is 0 Å². The first-order valence-corrected chi connectivity index (χ1v) is 8.10. The predicted molar refractivity (Wildman–Crippen MR) is 95.7 cm³/mol. The Balaban J connectivity index is 2.58. The van der Waals surface area contributed by atoms with Crippen molar-refractivity contribution in [2.45, 2.75) is 26.8 Å². The smallest absolute Gasteiger partial charge is 0.0599 e. The third kappa shape index (κ3) is 3.02. The number of aryl methyl sites for hydroxylation is 3. The van der Waals surface area contributed by atoms with E-state index in [2.05, 4.69) is 79.0 Å². The molecule has 1 nitrogen and oxygen atoms in total. The number of hydrogen-bond donors (Lipinski definition) is 1. The Morgan fingerprint density at radius 1 is 1.00 bits per heavy atom. The normalized spacial score (nSPS) is 12.5. The Bertz CT molecular complexity index is 637. The van der Waals surface area contributed by atoms with Crippen molar-refractivity contribution in [1.82, 2.24) is 5.32 Å². The molecule has 0 aliphatic rings. The van der Waals surface area contributed by atoms with E-state index in [1.165, 1.54) is 25.8 Å². The van der Waals surface area contributed by atoms with Gasteiger partial charge in [0.15, 0.2) is 0 Å². The topological polar surface area (TPSA) is 12.0 Å². The second-order valence-corrected chi connectivity index (χ2v) is 6.64. The van der Waals surface area contributed by atoms with E-state index in [1.54, 1.807) is 0 Å². The number of rotatable bonds is 3. The highest BCUT2D eigenvalue weighted by Crippen LogP contribution is 2.33. The third-order valence-corrected chi connectivity index (χ3v) is 5.55. The molecule has 2 rings (SSSR count). The maximum absolute atomic E-state index is 6.47. The van der Waals surface area contributed by atoms with Gasteiger partial charge in [0.05, 0.1) is 6.04 Å². The van der Waals surface area contributed by atoms with Crippen LogP contribution in [0.2, 0.25) is 5.02 Å². The first-order chi connectivity index (χ1) is 9.45. The van der Waals surface area contributed by atoms with E-state index in [0.29, 0.717) is 0 Å². The zero-order chi connectivity index (χ0) is 14.9. The largest absolute Gasteiger partial charge is 0.309 e. The fraction of sp³-hybridized carbons (Fsp3) is 0.294. The van der Waals surface area contributed by atoms with Crippen molar-refractivity contribution < 1.29 is 0 Å². The highest BCUT2D eigenvalue weighted by molar-refractivity contribution is 14.1.